The summed E-state index contributed by atoms with van der Waals surface area (Å²) in [6.07, 6.45) is 0.928. The Bertz CT molecular complexity index is 606. The van der Waals surface area contributed by atoms with Crippen LogP contribution in [0, 0.1) is 12.7 Å². The summed E-state index contributed by atoms with van der Waals surface area (Å²) >= 11 is 0. The zero-order valence-corrected chi connectivity index (χ0v) is 11.3. The van der Waals surface area contributed by atoms with Crippen LogP contribution in [0.3, 0.4) is 0 Å². The summed E-state index contributed by atoms with van der Waals surface area (Å²) < 4.78 is 14.2. The highest BCUT2D eigenvalue weighted by Crippen LogP contribution is 2.39. The minimum Gasteiger partial charge on any atom is -0.382 e. The maximum atomic E-state index is 14.2. The Morgan fingerprint density at radius 2 is 1.89 bits per heavy atom. The zero-order valence-electron chi connectivity index (χ0n) is 11.3. The first-order chi connectivity index (χ1) is 9.15. The van der Waals surface area contributed by atoms with Crippen LogP contribution in [0.15, 0.2) is 42.5 Å². The first kappa shape index (κ1) is 12.2. The molecule has 98 valence electrons. The highest BCUT2D eigenvalue weighted by Gasteiger charge is 2.27. The molecule has 2 unspecified atom stereocenters. The molecule has 0 bridgehead atoms. The lowest BCUT2D eigenvalue weighted by Crippen LogP contribution is -2.26. The van der Waals surface area contributed by atoms with E-state index in [-0.39, 0.29) is 11.7 Å². The Labute approximate surface area is 113 Å². The predicted octanol–water partition coefficient (Wildman–Crippen LogP) is 4.47. The van der Waals surface area contributed by atoms with Gasteiger partial charge in [0.1, 0.15) is 5.82 Å². The Morgan fingerprint density at radius 1 is 1.11 bits per heavy atom. The third-order valence-corrected chi connectivity index (χ3v) is 3.85. The quantitative estimate of drug-likeness (QED) is 0.792. The average Bonchev–Trinajstić information content (AvgIpc) is 2.40. The number of benzene rings is 2. The fraction of sp³-hybridized carbons (Fsp3) is 0.294. The molecule has 19 heavy (non-hydrogen) atoms. The van der Waals surface area contributed by atoms with Crippen molar-refractivity contribution in [2.75, 3.05) is 5.32 Å². The number of halogens is 1. The van der Waals surface area contributed by atoms with Crippen LogP contribution in [0.5, 0.6) is 0 Å². The molecule has 1 heterocycles. The molecule has 1 aliphatic rings. The van der Waals surface area contributed by atoms with Crippen LogP contribution < -0.4 is 5.32 Å². The van der Waals surface area contributed by atoms with Crippen LogP contribution in [0.1, 0.15) is 36.0 Å². The van der Waals surface area contributed by atoms with Crippen molar-refractivity contribution >= 4 is 5.69 Å². The zero-order chi connectivity index (χ0) is 13.4. The molecule has 2 heteroatoms. The molecule has 0 fully saturated rings. The van der Waals surface area contributed by atoms with Gasteiger partial charge in [-0.1, -0.05) is 35.9 Å². The molecular formula is C17H18FN. The van der Waals surface area contributed by atoms with E-state index in [0.717, 1.165) is 23.2 Å². The Kier molecular flexibility index (Phi) is 3.02. The number of para-hydroxylation sites is 1. The second-order valence-electron chi connectivity index (χ2n) is 5.45. The fourth-order valence-electron chi connectivity index (χ4n) is 2.96. The SMILES string of the molecule is Cc1ccc(F)c(C2CC(C)Nc3ccccc32)c1. The Balaban J connectivity index is 2.12. The van der Waals surface area contributed by atoms with Gasteiger partial charge >= 0.3 is 0 Å². The van der Waals surface area contributed by atoms with Gasteiger partial charge in [0, 0.05) is 17.6 Å². The van der Waals surface area contributed by atoms with E-state index in [0.29, 0.717) is 6.04 Å². The van der Waals surface area contributed by atoms with Gasteiger partial charge in [0.2, 0.25) is 0 Å². The van der Waals surface area contributed by atoms with E-state index in [1.165, 1.54) is 5.56 Å². The molecule has 0 radical (unpaired) electrons. The molecule has 0 saturated carbocycles. The van der Waals surface area contributed by atoms with Gasteiger partial charge in [0.25, 0.3) is 0 Å². The number of anilines is 1. The highest BCUT2D eigenvalue weighted by atomic mass is 19.1. The van der Waals surface area contributed by atoms with Gasteiger partial charge < -0.3 is 5.32 Å². The lowest BCUT2D eigenvalue weighted by molar-refractivity contribution is 0.558. The second-order valence-corrected chi connectivity index (χ2v) is 5.45. The molecule has 3 rings (SSSR count). The molecule has 0 aliphatic carbocycles. The lowest BCUT2D eigenvalue weighted by atomic mass is 9.82. The lowest BCUT2D eigenvalue weighted by Gasteiger charge is -2.32. The van der Waals surface area contributed by atoms with E-state index in [2.05, 4.69) is 24.4 Å². The fourth-order valence-corrected chi connectivity index (χ4v) is 2.96. The van der Waals surface area contributed by atoms with Crippen molar-refractivity contribution < 1.29 is 4.39 Å². The molecule has 0 amide bonds. The first-order valence-corrected chi connectivity index (χ1v) is 6.76. The molecule has 1 nitrogen and oxygen atoms in total. The maximum Gasteiger partial charge on any atom is 0.127 e. The topological polar surface area (TPSA) is 12.0 Å². The normalized spacial score (nSPS) is 21.6. The second kappa shape index (κ2) is 4.69. The minimum atomic E-state index is -0.0977. The molecule has 2 atom stereocenters. The number of hydrogen-bond donors (Lipinski definition) is 1. The van der Waals surface area contributed by atoms with Crippen LogP contribution >= 0.6 is 0 Å². The van der Waals surface area contributed by atoms with E-state index in [4.69, 9.17) is 0 Å². The third kappa shape index (κ3) is 2.23. The van der Waals surface area contributed by atoms with Crippen molar-refractivity contribution in [2.24, 2.45) is 0 Å². The van der Waals surface area contributed by atoms with Crippen LogP contribution in [-0.2, 0) is 0 Å². The minimum absolute atomic E-state index is 0.0977. The van der Waals surface area contributed by atoms with Crippen LogP contribution in [0.2, 0.25) is 0 Å². The largest absolute Gasteiger partial charge is 0.382 e. The van der Waals surface area contributed by atoms with Crippen molar-refractivity contribution in [3.8, 4) is 0 Å². The molecule has 0 spiro atoms. The predicted molar refractivity (Wildman–Crippen MR) is 77.1 cm³/mol. The summed E-state index contributed by atoms with van der Waals surface area (Å²) in [4.78, 5) is 0. The molecule has 1 aliphatic heterocycles. The number of nitrogens with one attached hydrogen (secondary N) is 1. The van der Waals surface area contributed by atoms with Crippen molar-refractivity contribution in [3.63, 3.8) is 0 Å². The average molecular weight is 255 g/mol. The van der Waals surface area contributed by atoms with Gasteiger partial charge in [-0.25, -0.2) is 4.39 Å². The summed E-state index contributed by atoms with van der Waals surface area (Å²) in [5.74, 6) is 0.0480. The van der Waals surface area contributed by atoms with E-state index in [1.807, 2.05) is 31.2 Å². The van der Waals surface area contributed by atoms with Gasteiger partial charge in [0.05, 0.1) is 0 Å². The van der Waals surface area contributed by atoms with Gasteiger partial charge in [-0.3, -0.25) is 0 Å². The molecule has 2 aromatic carbocycles. The van der Waals surface area contributed by atoms with Crippen molar-refractivity contribution in [1.82, 2.24) is 0 Å². The number of aryl methyl sites for hydroxylation is 1. The highest BCUT2D eigenvalue weighted by molar-refractivity contribution is 5.58. The summed E-state index contributed by atoms with van der Waals surface area (Å²) in [6, 6.07) is 14.0. The van der Waals surface area contributed by atoms with Crippen LogP contribution in [-0.4, -0.2) is 6.04 Å². The Morgan fingerprint density at radius 3 is 2.74 bits per heavy atom. The summed E-state index contributed by atoms with van der Waals surface area (Å²) in [7, 11) is 0. The van der Waals surface area contributed by atoms with E-state index < -0.39 is 0 Å². The van der Waals surface area contributed by atoms with Crippen molar-refractivity contribution in [1.29, 1.82) is 0 Å². The van der Waals surface area contributed by atoms with E-state index in [1.54, 1.807) is 6.07 Å². The van der Waals surface area contributed by atoms with Gasteiger partial charge in [0.15, 0.2) is 0 Å². The molecular weight excluding hydrogens is 237 g/mol. The summed E-state index contributed by atoms with van der Waals surface area (Å²) in [5.41, 5.74) is 4.26. The molecule has 0 saturated heterocycles. The summed E-state index contributed by atoms with van der Waals surface area (Å²) in [5, 5.41) is 3.47. The third-order valence-electron chi connectivity index (χ3n) is 3.85. The van der Waals surface area contributed by atoms with E-state index in [9.17, 15) is 4.39 Å². The van der Waals surface area contributed by atoms with Gasteiger partial charge in [-0.15, -0.1) is 0 Å². The van der Waals surface area contributed by atoms with Crippen molar-refractivity contribution in [3.05, 3.63) is 65.0 Å². The smallest absolute Gasteiger partial charge is 0.127 e. The number of hydrogen-bond acceptors (Lipinski definition) is 1. The first-order valence-electron chi connectivity index (χ1n) is 6.76. The molecule has 0 aromatic heterocycles. The molecule has 1 N–H and O–H groups in total. The number of fused-ring (bicyclic) bond motifs is 1. The van der Waals surface area contributed by atoms with E-state index >= 15 is 0 Å². The monoisotopic (exact) mass is 255 g/mol. The standard InChI is InChI=1S/C17H18FN/c1-11-7-8-16(18)15(9-11)14-10-12(2)19-17-6-4-3-5-13(14)17/h3-9,12,14,19H,10H2,1-2H3. The Hall–Kier alpha value is -1.83. The van der Waals surface area contributed by atoms with Gasteiger partial charge in [-0.05, 0) is 43.5 Å². The summed E-state index contributed by atoms with van der Waals surface area (Å²) in [6.45, 7) is 4.16. The maximum absolute atomic E-state index is 14.2. The molecule has 2 aromatic rings. The van der Waals surface area contributed by atoms with Crippen molar-refractivity contribution in [2.45, 2.75) is 32.2 Å². The van der Waals surface area contributed by atoms with Crippen LogP contribution in [0.25, 0.3) is 0 Å². The van der Waals surface area contributed by atoms with Gasteiger partial charge in [-0.2, -0.15) is 0 Å². The van der Waals surface area contributed by atoms with Crippen LogP contribution in [0.4, 0.5) is 10.1 Å². The number of rotatable bonds is 1.